The summed E-state index contributed by atoms with van der Waals surface area (Å²) >= 11 is 0. The van der Waals surface area contributed by atoms with Crippen LogP contribution >= 0.6 is 0 Å². The van der Waals surface area contributed by atoms with E-state index in [4.69, 9.17) is 0 Å². The first-order valence-electron chi connectivity index (χ1n) is 7.77. The SMILES string of the molecule is CCN(C)c1nc(C)nc2c1CN(C(=O)CC(C)C)CC2. The van der Waals surface area contributed by atoms with Gasteiger partial charge in [0.2, 0.25) is 5.91 Å². The van der Waals surface area contributed by atoms with E-state index in [0.29, 0.717) is 18.9 Å². The number of hydrogen-bond acceptors (Lipinski definition) is 4. The highest BCUT2D eigenvalue weighted by Gasteiger charge is 2.26. The van der Waals surface area contributed by atoms with Crippen molar-refractivity contribution in [1.29, 1.82) is 0 Å². The lowest BCUT2D eigenvalue weighted by Gasteiger charge is -2.32. The van der Waals surface area contributed by atoms with Gasteiger partial charge >= 0.3 is 0 Å². The standard InChI is InChI=1S/C16H26N4O/c1-6-19(5)16-13-10-20(15(21)9-11(2)3)8-7-14(13)17-12(4)18-16/h11H,6-10H2,1-5H3. The number of anilines is 1. The molecule has 1 aliphatic rings. The summed E-state index contributed by atoms with van der Waals surface area (Å²) in [6.45, 7) is 10.5. The van der Waals surface area contributed by atoms with E-state index >= 15 is 0 Å². The highest BCUT2D eigenvalue weighted by atomic mass is 16.2. The number of rotatable bonds is 4. The van der Waals surface area contributed by atoms with E-state index in [1.165, 1.54) is 0 Å². The zero-order valence-corrected chi connectivity index (χ0v) is 13.8. The Hall–Kier alpha value is -1.65. The third kappa shape index (κ3) is 3.52. The van der Waals surface area contributed by atoms with E-state index in [-0.39, 0.29) is 5.91 Å². The molecule has 2 heterocycles. The van der Waals surface area contributed by atoms with Crippen LogP contribution in [0.2, 0.25) is 0 Å². The van der Waals surface area contributed by atoms with Gasteiger partial charge in [0.1, 0.15) is 11.6 Å². The van der Waals surface area contributed by atoms with E-state index in [9.17, 15) is 4.79 Å². The molecule has 1 amide bonds. The highest BCUT2D eigenvalue weighted by molar-refractivity contribution is 5.77. The molecule has 0 aromatic carbocycles. The van der Waals surface area contributed by atoms with Crippen molar-refractivity contribution in [3.8, 4) is 0 Å². The molecular formula is C16H26N4O. The summed E-state index contributed by atoms with van der Waals surface area (Å²) < 4.78 is 0. The molecular weight excluding hydrogens is 264 g/mol. The van der Waals surface area contributed by atoms with Gasteiger partial charge in [0.05, 0.1) is 12.2 Å². The Balaban J connectivity index is 2.28. The third-order valence-electron chi connectivity index (χ3n) is 3.92. The Kier molecular flexibility index (Phi) is 4.80. The van der Waals surface area contributed by atoms with Gasteiger partial charge in [-0.1, -0.05) is 13.8 Å². The van der Waals surface area contributed by atoms with Crippen LogP contribution in [0.5, 0.6) is 0 Å². The summed E-state index contributed by atoms with van der Waals surface area (Å²) in [6, 6.07) is 0. The average Bonchev–Trinajstić information content (AvgIpc) is 2.44. The summed E-state index contributed by atoms with van der Waals surface area (Å²) in [5.74, 6) is 2.42. The molecule has 0 bridgehead atoms. The number of hydrogen-bond donors (Lipinski definition) is 0. The van der Waals surface area contributed by atoms with E-state index in [1.807, 2.05) is 18.9 Å². The maximum Gasteiger partial charge on any atom is 0.223 e. The summed E-state index contributed by atoms with van der Waals surface area (Å²) in [6.07, 6.45) is 1.44. The fraction of sp³-hybridized carbons (Fsp3) is 0.688. The quantitative estimate of drug-likeness (QED) is 0.853. The Morgan fingerprint density at radius 2 is 2.10 bits per heavy atom. The lowest BCUT2D eigenvalue weighted by atomic mass is 10.0. The van der Waals surface area contributed by atoms with Crippen LogP contribution in [0.15, 0.2) is 0 Å². The van der Waals surface area contributed by atoms with Crippen LogP contribution in [0.3, 0.4) is 0 Å². The predicted molar refractivity (Wildman–Crippen MR) is 84.3 cm³/mol. The maximum absolute atomic E-state index is 12.3. The Morgan fingerprint density at radius 1 is 1.38 bits per heavy atom. The van der Waals surface area contributed by atoms with Gasteiger partial charge in [-0.15, -0.1) is 0 Å². The molecule has 0 aliphatic carbocycles. The van der Waals surface area contributed by atoms with Crippen molar-refractivity contribution >= 4 is 11.7 Å². The first kappa shape index (κ1) is 15.7. The van der Waals surface area contributed by atoms with E-state index in [1.54, 1.807) is 0 Å². The van der Waals surface area contributed by atoms with Crippen molar-refractivity contribution in [2.24, 2.45) is 5.92 Å². The molecule has 116 valence electrons. The Labute approximate surface area is 127 Å². The van der Waals surface area contributed by atoms with Crippen molar-refractivity contribution in [3.63, 3.8) is 0 Å². The first-order chi connectivity index (χ1) is 9.92. The summed E-state index contributed by atoms with van der Waals surface area (Å²) in [7, 11) is 2.04. The molecule has 0 fully saturated rings. The molecule has 5 nitrogen and oxygen atoms in total. The van der Waals surface area contributed by atoms with Gasteiger partial charge in [-0.2, -0.15) is 0 Å². The topological polar surface area (TPSA) is 49.3 Å². The normalized spacial score (nSPS) is 14.3. The molecule has 0 radical (unpaired) electrons. The molecule has 21 heavy (non-hydrogen) atoms. The van der Waals surface area contributed by atoms with Gasteiger partial charge in [-0.3, -0.25) is 4.79 Å². The Bertz CT molecular complexity index is 527. The zero-order valence-electron chi connectivity index (χ0n) is 13.8. The number of aromatic nitrogens is 2. The minimum absolute atomic E-state index is 0.237. The highest BCUT2D eigenvalue weighted by Crippen LogP contribution is 2.26. The van der Waals surface area contributed by atoms with E-state index in [0.717, 1.165) is 42.4 Å². The van der Waals surface area contributed by atoms with Crippen LogP contribution in [0.1, 0.15) is 44.3 Å². The number of carbonyl (C=O) groups is 1. The third-order valence-corrected chi connectivity index (χ3v) is 3.92. The van der Waals surface area contributed by atoms with Crippen molar-refractivity contribution in [3.05, 3.63) is 17.1 Å². The molecule has 0 N–H and O–H groups in total. The average molecular weight is 290 g/mol. The summed E-state index contributed by atoms with van der Waals surface area (Å²) in [5, 5.41) is 0. The van der Waals surface area contributed by atoms with Gasteiger partial charge in [0.25, 0.3) is 0 Å². The van der Waals surface area contributed by atoms with Crippen LogP contribution in [0.4, 0.5) is 5.82 Å². The number of carbonyl (C=O) groups excluding carboxylic acids is 1. The van der Waals surface area contributed by atoms with Crippen LogP contribution in [0.25, 0.3) is 0 Å². The van der Waals surface area contributed by atoms with Crippen LogP contribution in [-0.4, -0.2) is 40.9 Å². The van der Waals surface area contributed by atoms with Crippen molar-refractivity contribution in [2.75, 3.05) is 25.0 Å². The number of nitrogens with zero attached hydrogens (tertiary/aromatic N) is 4. The van der Waals surface area contributed by atoms with Gasteiger partial charge in [0.15, 0.2) is 0 Å². The van der Waals surface area contributed by atoms with Gasteiger partial charge in [0, 0.05) is 38.5 Å². The maximum atomic E-state index is 12.3. The zero-order chi connectivity index (χ0) is 15.6. The van der Waals surface area contributed by atoms with Gasteiger partial charge in [-0.25, -0.2) is 9.97 Å². The van der Waals surface area contributed by atoms with E-state index in [2.05, 4.69) is 35.6 Å². The smallest absolute Gasteiger partial charge is 0.223 e. The number of amides is 1. The molecule has 2 rings (SSSR count). The number of aryl methyl sites for hydroxylation is 1. The summed E-state index contributed by atoms with van der Waals surface area (Å²) in [5.41, 5.74) is 2.22. The minimum Gasteiger partial charge on any atom is -0.360 e. The van der Waals surface area contributed by atoms with Gasteiger partial charge in [-0.05, 0) is 19.8 Å². The fourth-order valence-electron chi connectivity index (χ4n) is 2.67. The molecule has 0 unspecified atom stereocenters. The largest absolute Gasteiger partial charge is 0.360 e. The minimum atomic E-state index is 0.237. The second kappa shape index (κ2) is 6.41. The second-order valence-corrected chi connectivity index (χ2v) is 6.20. The van der Waals surface area contributed by atoms with Crippen molar-refractivity contribution in [1.82, 2.24) is 14.9 Å². The molecule has 0 spiro atoms. The summed E-state index contributed by atoms with van der Waals surface area (Å²) in [4.78, 5) is 25.5. The molecule has 1 aromatic heterocycles. The molecule has 0 atom stereocenters. The second-order valence-electron chi connectivity index (χ2n) is 6.20. The van der Waals surface area contributed by atoms with Crippen LogP contribution in [-0.2, 0) is 17.8 Å². The predicted octanol–water partition coefficient (Wildman–Crippen LogP) is 2.17. The molecule has 5 heteroatoms. The molecule has 0 saturated heterocycles. The lowest BCUT2D eigenvalue weighted by molar-refractivity contribution is -0.132. The molecule has 1 aliphatic heterocycles. The van der Waals surface area contributed by atoms with Crippen molar-refractivity contribution < 1.29 is 4.79 Å². The Morgan fingerprint density at radius 3 is 2.71 bits per heavy atom. The van der Waals surface area contributed by atoms with E-state index < -0.39 is 0 Å². The van der Waals surface area contributed by atoms with Crippen molar-refractivity contribution in [2.45, 2.75) is 47.1 Å². The van der Waals surface area contributed by atoms with Gasteiger partial charge < -0.3 is 9.80 Å². The molecule has 1 aromatic rings. The first-order valence-corrected chi connectivity index (χ1v) is 7.77. The molecule has 0 saturated carbocycles. The van der Waals surface area contributed by atoms with Crippen LogP contribution < -0.4 is 4.90 Å². The number of fused-ring (bicyclic) bond motifs is 1. The van der Waals surface area contributed by atoms with Crippen LogP contribution in [0, 0.1) is 12.8 Å². The monoisotopic (exact) mass is 290 g/mol. The lowest BCUT2D eigenvalue weighted by Crippen LogP contribution is -2.38. The fourth-order valence-corrected chi connectivity index (χ4v) is 2.67.